The summed E-state index contributed by atoms with van der Waals surface area (Å²) < 4.78 is 5.68. The number of carbonyl (C=O) groups is 1. The second-order valence-corrected chi connectivity index (χ2v) is 3.69. The van der Waals surface area contributed by atoms with Gasteiger partial charge < -0.3 is 4.74 Å². The van der Waals surface area contributed by atoms with Gasteiger partial charge in [-0.3, -0.25) is 4.79 Å². The van der Waals surface area contributed by atoms with E-state index < -0.39 is 0 Å². The molecular weight excluding hydrogens is 214 g/mol. The lowest BCUT2D eigenvalue weighted by Crippen LogP contribution is -2.05. The van der Waals surface area contributed by atoms with Gasteiger partial charge in [0.15, 0.2) is 6.29 Å². The molecule has 0 spiro atoms. The molecule has 1 heterocycles. The molecule has 0 amide bonds. The van der Waals surface area contributed by atoms with Crippen LogP contribution in [0.4, 0.5) is 0 Å². The van der Waals surface area contributed by atoms with E-state index in [0.29, 0.717) is 11.4 Å². The first-order valence-electron chi connectivity index (χ1n) is 5.43. The number of pyridine rings is 1. The van der Waals surface area contributed by atoms with E-state index in [1.165, 1.54) is 0 Å². The summed E-state index contributed by atoms with van der Waals surface area (Å²) in [6, 6.07) is 13.2. The van der Waals surface area contributed by atoms with Gasteiger partial charge in [0.05, 0.1) is 5.56 Å². The van der Waals surface area contributed by atoms with Crippen molar-refractivity contribution >= 4 is 6.29 Å². The summed E-state index contributed by atoms with van der Waals surface area (Å²) >= 11 is 0. The lowest BCUT2D eigenvalue weighted by Gasteiger charge is -2.14. The highest BCUT2D eigenvalue weighted by Gasteiger charge is 2.10. The average molecular weight is 227 g/mol. The highest BCUT2D eigenvalue weighted by molar-refractivity contribution is 5.77. The molecule has 1 unspecified atom stereocenters. The highest BCUT2D eigenvalue weighted by Crippen LogP contribution is 2.21. The molecule has 0 radical (unpaired) electrons. The van der Waals surface area contributed by atoms with Crippen molar-refractivity contribution in [3.05, 3.63) is 59.8 Å². The second-order valence-electron chi connectivity index (χ2n) is 3.69. The number of aldehydes is 1. The fraction of sp³-hybridized carbons (Fsp3) is 0.143. The molecule has 0 aliphatic rings. The Labute approximate surface area is 100 Å². The van der Waals surface area contributed by atoms with Gasteiger partial charge in [0.1, 0.15) is 6.10 Å². The first-order chi connectivity index (χ1) is 8.31. The van der Waals surface area contributed by atoms with Gasteiger partial charge in [-0.15, -0.1) is 0 Å². The van der Waals surface area contributed by atoms with Crippen molar-refractivity contribution in [2.75, 3.05) is 0 Å². The topological polar surface area (TPSA) is 39.2 Å². The van der Waals surface area contributed by atoms with Gasteiger partial charge in [-0.2, -0.15) is 0 Å². The molecule has 0 aliphatic carbocycles. The lowest BCUT2D eigenvalue weighted by atomic mass is 10.1. The van der Waals surface area contributed by atoms with Gasteiger partial charge in [-0.05, 0) is 24.6 Å². The van der Waals surface area contributed by atoms with Crippen LogP contribution in [0.1, 0.15) is 28.9 Å². The number of rotatable bonds is 4. The molecular formula is C14H13NO2. The first-order valence-corrected chi connectivity index (χ1v) is 5.43. The molecule has 86 valence electrons. The maximum atomic E-state index is 10.8. The molecule has 0 aliphatic heterocycles. The molecule has 3 nitrogen and oxygen atoms in total. The number of carbonyl (C=O) groups excluding carboxylic acids is 1. The van der Waals surface area contributed by atoms with Gasteiger partial charge in [-0.1, -0.05) is 30.3 Å². The van der Waals surface area contributed by atoms with Crippen molar-refractivity contribution in [1.29, 1.82) is 0 Å². The van der Waals surface area contributed by atoms with Crippen LogP contribution in [0, 0.1) is 0 Å². The minimum Gasteiger partial charge on any atom is -0.469 e. The van der Waals surface area contributed by atoms with Gasteiger partial charge in [0.25, 0.3) is 0 Å². The summed E-state index contributed by atoms with van der Waals surface area (Å²) in [6.45, 7) is 1.93. The van der Waals surface area contributed by atoms with E-state index in [1.807, 2.05) is 37.3 Å². The number of nitrogens with zero attached hydrogens (tertiary/aromatic N) is 1. The molecule has 0 saturated carbocycles. The number of benzene rings is 1. The zero-order chi connectivity index (χ0) is 12.1. The molecule has 0 N–H and O–H groups in total. The molecule has 0 bridgehead atoms. The Morgan fingerprint density at radius 1 is 1.18 bits per heavy atom. The Bertz CT molecular complexity index is 497. The van der Waals surface area contributed by atoms with Gasteiger partial charge in [-0.25, -0.2) is 4.98 Å². The van der Waals surface area contributed by atoms with Crippen LogP contribution < -0.4 is 4.74 Å². The molecule has 0 saturated heterocycles. The van der Waals surface area contributed by atoms with Crippen molar-refractivity contribution in [2.45, 2.75) is 13.0 Å². The van der Waals surface area contributed by atoms with Crippen molar-refractivity contribution in [3.8, 4) is 5.88 Å². The van der Waals surface area contributed by atoms with Crippen LogP contribution in [0.15, 0.2) is 48.7 Å². The summed E-state index contributed by atoms with van der Waals surface area (Å²) in [4.78, 5) is 14.9. The Morgan fingerprint density at radius 2 is 1.94 bits per heavy atom. The maximum absolute atomic E-state index is 10.8. The van der Waals surface area contributed by atoms with Crippen molar-refractivity contribution in [2.24, 2.45) is 0 Å². The Balaban J connectivity index is 2.18. The molecule has 1 aromatic carbocycles. The van der Waals surface area contributed by atoms with E-state index in [-0.39, 0.29) is 6.10 Å². The Morgan fingerprint density at radius 3 is 2.65 bits per heavy atom. The number of hydrogen-bond donors (Lipinski definition) is 0. The summed E-state index contributed by atoms with van der Waals surface area (Å²) in [5.41, 5.74) is 1.52. The van der Waals surface area contributed by atoms with E-state index in [0.717, 1.165) is 11.8 Å². The number of hydrogen-bond acceptors (Lipinski definition) is 3. The molecule has 2 aromatic rings. The highest BCUT2D eigenvalue weighted by atomic mass is 16.5. The predicted octanol–water partition coefficient (Wildman–Crippen LogP) is 3.03. The smallest absolute Gasteiger partial charge is 0.224 e. The van der Waals surface area contributed by atoms with E-state index in [1.54, 1.807) is 18.3 Å². The molecule has 1 aromatic heterocycles. The summed E-state index contributed by atoms with van der Waals surface area (Å²) in [7, 11) is 0. The summed E-state index contributed by atoms with van der Waals surface area (Å²) in [5.74, 6) is 0.374. The molecule has 3 heteroatoms. The molecule has 17 heavy (non-hydrogen) atoms. The fourth-order valence-electron chi connectivity index (χ4n) is 1.55. The van der Waals surface area contributed by atoms with Crippen LogP contribution in [-0.2, 0) is 0 Å². The summed E-state index contributed by atoms with van der Waals surface area (Å²) in [6.07, 6.45) is 2.23. The van der Waals surface area contributed by atoms with Gasteiger partial charge >= 0.3 is 0 Å². The Kier molecular flexibility index (Phi) is 3.50. The third kappa shape index (κ3) is 2.69. The van der Waals surface area contributed by atoms with Crippen LogP contribution in [0.5, 0.6) is 5.88 Å². The van der Waals surface area contributed by atoms with E-state index in [2.05, 4.69) is 4.98 Å². The number of ether oxygens (including phenoxy) is 1. The van der Waals surface area contributed by atoms with Crippen LogP contribution >= 0.6 is 0 Å². The van der Waals surface area contributed by atoms with Crippen molar-refractivity contribution in [3.63, 3.8) is 0 Å². The fourth-order valence-corrected chi connectivity index (χ4v) is 1.55. The second kappa shape index (κ2) is 5.25. The Hall–Kier alpha value is -2.16. The SMILES string of the molecule is CC(Oc1ncccc1C=O)c1ccccc1. The number of aromatic nitrogens is 1. The lowest BCUT2D eigenvalue weighted by molar-refractivity contribution is 0.111. The standard InChI is InChI=1S/C14H13NO2/c1-11(12-6-3-2-4-7-12)17-14-13(10-16)8-5-9-15-14/h2-11H,1H3. The van der Waals surface area contributed by atoms with Gasteiger partial charge in [0.2, 0.25) is 5.88 Å². The normalized spacial score (nSPS) is 11.8. The monoisotopic (exact) mass is 227 g/mol. The van der Waals surface area contributed by atoms with Crippen LogP contribution in [0.3, 0.4) is 0 Å². The maximum Gasteiger partial charge on any atom is 0.224 e. The van der Waals surface area contributed by atoms with E-state index in [9.17, 15) is 4.79 Å². The molecule has 1 atom stereocenters. The van der Waals surface area contributed by atoms with E-state index in [4.69, 9.17) is 4.74 Å². The average Bonchev–Trinajstić information content (AvgIpc) is 2.40. The van der Waals surface area contributed by atoms with Crippen molar-refractivity contribution in [1.82, 2.24) is 4.98 Å². The van der Waals surface area contributed by atoms with Crippen LogP contribution in [0.2, 0.25) is 0 Å². The van der Waals surface area contributed by atoms with Crippen LogP contribution in [-0.4, -0.2) is 11.3 Å². The van der Waals surface area contributed by atoms with Crippen LogP contribution in [0.25, 0.3) is 0 Å². The first kappa shape index (κ1) is 11.3. The zero-order valence-electron chi connectivity index (χ0n) is 9.54. The van der Waals surface area contributed by atoms with E-state index >= 15 is 0 Å². The van der Waals surface area contributed by atoms with Gasteiger partial charge in [0, 0.05) is 6.20 Å². The third-order valence-corrected chi connectivity index (χ3v) is 2.48. The zero-order valence-corrected chi connectivity index (χ0v) is 9.54. The molecule has 0 fully saturated rings. The minimum atomic E-state index is -0.134. The van der Waals surface area contributed by atoms with Crippen molar-refractivity contribution < 1.29 is 9.53 Å². The predicted molar refractivity (Wildman–Crippen MR) is 65.1 cm³/mol. The minimum absolute atomic E-state index is 0.134. The largest absolute Gasteiger partial charge is 0.469 e. The third-order valence-electron chi connectivity index (χ3n) is 2.48. The summed E-state index contributed by atoms with van der Waals surface area (Å²) in [5, 5.41) is 0. The molecule has 2 rings (SSSR count). The quantitative estimate of drug-likeness (QED) is 0.753.